The number of non-ortho nitro benzene ring substituents is 1. The Morgan fingerprint density at radius 2 is 2.06 bits per heavy atom. The second kappa shape index (κ2) is 8.93. The first-order chi connectivity index (χ1) is 15.4. The Labute approximate surface area is 191 Å². The van der Waals surface area contributed by atoms with Crippen molar-refractivity contribution in [3.63, 3.8) is 0 Å². The second-order valence-electron chi connectivity index (χ2n) is 6.94. The zero-order chi connectivity index (χ0) is 22.8. The van der Waals surface area contributed by atoms with Crippen molar-refractivity contribution in [2.24, 2.45) is 0 Å². The predicted octanol–water partition coefficient (Wildman–Crippen LogP) is 4.16. The molecule has 1 aliphatic heterocycles. The summed E-state index contributed by atoms with van der Waals surface area (Å²) < 4.78 is 1.78. The molecule has 1 amide bonds. The van der Waals surface area contributed by atoms with E-state index < -0.39 is 4.92 Å². The number of carbonyl (C=O) groups is 2. The van der Waals surface area contributed by atoms with Gasteiger partial charge in [-0.25, -0.2) is 0 Å². The van der Waals surface area contributed by atoms with Crippen LogP contribution in [0.3, 0.4) is 0 Å². The lowest BCUT2D eigenvalue weighted by Crippen LogP contribution is -2.06. The topological polar surface area (TPSA) is 120 Å². The highest BCUT2D eigenvalue weighted by Gasteiger charge is 2.23. The Kier molecular flexibility index (Phi) is 6.06. The number of hydrogen-bond donors (Lipinski definition) is 1. The molecule has 0 bridgehead atoms. The third-order valence-corrected chi connectivity index (χ3v) is 6.10. The molecule has 3 aromatic rings. The summed E-state index contributed by atoms with van der Waals surface area (Å²) in [4.78, 5) is 34.8. The van der Waals surface area contributed by atoms with Crippen molar-refractivity contribution in [3.8, 4) is 11.4 Å². The Balaban J connectivity index is 1.54. The fraction of sp³-hybridized carbons (Fsp3) is 0.143. The maximum atomic E-state index is 12.8. The second-order valence-corrected chi connectivity index (χ2v) is 8.29. The van der Waals surface area contributed by atoms with E-state index in [0.717, 1.165) is 5.56 Å². The number of ketones is 1. The molecule has 0 fully saturated rings. The number of nitro benzene ring substituents is 1. The monoisotopic (exact) mass is 469 g/mol. The van der Waals surface area contributed by atoms with E-state index in [4.69, 9.17) is 11.6 Å². The van der Waals surface area contributed by atoms with Crippen molar-refractivity contribution >= 4 is 46.4 Å². The van der Waals surface area contributed by atoms with Gasteiger partial charge in [0.1, 0.15) is 0 Å². The molecule has 162 valence electrons. The molecule has 2 heterocycles. The molecule has 0 aliphatic carbocycles. The fourth-order valence-electron chi connectivity index (χ4n) is 3.30. The number of benzene rings is 2. The minimum absolute atomic E-state index is 0.0214. The van der Waals surface area contributed by atoms with Gasteiger partial charge in [-0.3, -0.25) is 24.3 Å². The standard InChI is InChI=1S/C21H16ClN5O4S/c1-2-7-26-20(12-3-5-14(6-4-12)27(30)31)24-25-21(26)32-11-18(28)15-8-13-9-19(29)23-17(13)10-16(15)22/h2-6,8,10H,1,7,9,11H2,(H,23,29). The van der Waals surface area contributed by atoms with Crippen molar-refractivity contribution in [1.29, 1.82) is 0 Å². The molecule has 1 aliphatic rings. The maximum absolute atomic E-state index is 12.8. The summed E-state index contributed by atoms with van der Waals surface area (Å²) in [6, 6.07) is 9.23. The molecule has 0 spiro atoms. The zero-order valence-electron chi connectivity index (χ0n) is 16.6. The molecule has 0 saturated heterocycles. The molecule has 11 heteroatoms. The summed E-state index contributed by atoms with van der Waals surface area (Å²) in [5.41, 5.74) is 2.35. The average Bonchev–Trinajstić information content (AvgIpc) is 3.33. The van der Waals surface area contributed by atoms with Gasteiger partial charge in [-0.15, -0.1) is 16.8 Å². The molecule has 0 saturated carbocycles. The Bertz CT molecular complexity index is 1260. The number of nitrogens with one attached hydrogen (secondary N) is 1. The van der Waals surface area contributed by atoms with E-state index >= 15 is 0 Å². The largest absolute Gasteiger partial charge is 0.325 e. The number of nitrogens with zero attached hydrogens (tertiary/aromatic N) is 4. The molecule has 32 heavy (non-hydrogen) atoms. The predicted molar refractivity (Wildman–Crippen MR) is 121 cm³/mol. The van der Waals surface area contributed by atoms with Crippen LogP contribution in [0.4, 0.5) is 11.4 Å². The number of thioether (sulfide) groups is 1. The number of rotatable bonds is 8. The SMILES string of the molecule is C=CCn1c(SCC(=O)c2cc3c(cc2Cl)NC(=O)C3)nnc1-c1ccc([N+](=O)[O-])cc1. The van der Waals surface area contributed by atoms with Crippen LogP contribution in [0.5, 0.6) is 0 Å². The first-order valence-corrected chi connectivity index (χ1v) is 10.8. The van der Waals surface area contributed by atoms with Gasteiger partial charge in [-0.1, -0.05) is 29.4 Å². The summed E-state index contributed by atoms with van der Waals surface area (Å²) in [5.74, 6) is 0.239. The van der Waals surface area contributed by atoms with Crippen LogP contribution in [0.2, 0.25) is 5.02 Å². The van der Waals surface area contributed by atoms with Gasteiger partial charge >= 0.3 is 0 Å². The van der Waals surface area contributed by atoms with E-state index in [0.29, 0.717) is 34.3 Å². The minimum Gasteiger partial charge on any atom is -0.325 e. The van der Waals surface area contributed by atoms with Gasteiger partial charge in [0, 0.05) is 35.5 Å². The van der Waals surface area contributed by atoms with Crippen molar-refractivity contribution in [2.75, 3.05) is 11.1 Å². The van der Waals surface area contributed by atoms with Crippen LogP contribution in [0.1, 0.15) is 15.9 Å². The Morgan fingerprint density at radius 1 is 1.31 bits per heavy atom. The van der Waals surface area contributed by atoms with E-state index in [1.165, 1.54) is 23.9 Å². The first kappa shape index (κ1) is 21.7. The number of hydrogen-bond acceptors (Lipinski definition) is 7. The molecule has 0 radical (unpaired) electrons. The third-order valence-electron chi connectivity index (χ3n) is 4.82. The summed E-state index contributed by atoms with van der Waals surface area (Å²) >= 11 is 7.46. The van der Waals surface area contributed by atoms with E-state index in [2.05, 4.69) is 22.1 Å². The molecular formula is C21H16ClN5O4S. The number of anilines is 1. The van der Waals surface area contributed by atoms with Gasteiger partial charge in [0.2, 0.25) is 5.91 Å². The van der Waals surface area contributed by atoms with Crippen molar-refractivity contribution in [1.82, 2.24) is 14.8 Å². The number of carbonyl (C=O) groups excluding carboxylic acids is 2. The molecule has 9 nitrogen and oxygen atoms in total. The van der Waals surface area contributed by atoms with E-state index in [1.54, 1.807) is 34.9 Å². The van der Waals surface area contributed by atoms with Gasteiger partial charge < -0.3 is 5.32 Å². The fourth-order valence-corrected chi connectivity index (χ4v) is 4.40. The van der Waals surface area contributed by atoms with Gasteiger partial charge in [-0.05, 0) is 29.8 Å². The van der Waals surface area contributed by atoms with Crippen LogP contribution < -0.4 is 5.32 Å². The number of aromatic nitrogens is 3. The lowest BCUT2D eigenvalue weighted by Gasteiger charge is -2.09. The van der Waals surface area contributed by atoms with Gasteiger partial charge in [0.15, 0.2) is 16.8 Å². The molecule has 2 aromatic carbocycles. The summed E-state index contributed by atoms with van der Waals surface area (Å²) in [5, 5.41) is 22.7. The third kappa shape index (κ3) is 4.27. The normalized spacial score (nSPS) is 12.3. The van der Waals surface area contributed by atoms with E-state index in [1.807, 2.05) is 0 Å². The van der Waals surface area contributed by atoms with Crippen LogP contribution in [0, 0.1) is 10.1 Å². The van der Waals surface area contributed by atoms with Crippen molar-refractivity contribution < 1.29 is 14.5 Å². The number of nitro groups is 1. The Hall–Kier alpha value is -3.50. The molecule has 0 unspecified atom stereocenters. The lowest BCUT2D eigenvalue weighted by atomic mass is 10.1. The van der Waals surface area contributed by atoms with Crippen LogP contribution in [0.25, 0.3) is 11.4 Å². The maximum Gasteiger partial charge on any atom is 0.269 e. The number of halogens is 1. The number of fused-ring (bicyclic) bond motifs is 1. The van der Waals surface area contributed by atoms with Gasteiger partial charge in [0.05, 0.1) is 22.1 Å². The van der Waals surface area contributed by atoms with Crippen LogP contribution in [-0.2, 0) is 17.8 Å². The van der Waals surface area contributed by atoms with Crippen molar-refractivity contribution in [2.45, 2.75) is 18.1 Å². The van der Waals surface area contributed by atoms with E-state index in [9.17, 15) is 19.7 Å². The number of Topliss-reactive ketones (excluding diaryl/α,β-unsaturated/α-hetero) is 1. The molecule has 0 atom stereocenters. The smallest absolute Gasteiger partial charge is 0.269 e. The minimum atomic E-state index is -0.471. The summed E-state index contributed by atoms with van der Waals surface area (Å²) in [6.07, 6.45) is 1.89. The summed E-state index contributed by atoms with van der Waals surface area (Å²) in [7, 11) is 0. The Morgan fingerprint density at radius 3 is 2.75 bits per heavy atom. The average molecular weight is 470 g/mol. The van der Waals surface area contributed by atoms with Crippen molar-refractivity contribution in [3.05, 3.63) is 75.3 Å². The summed E-state index contributed by atoms with van der Waals surface area (Å²) in [6.45, 7) is 4.14. The molecule has 1 N–H and O–H groups in total. The molecule has 4 rings (SSSR count). The highest BCUT2D eigenvalue weighted by Crippen LogP contribution is 2.31. The van der Waals surface area contributed by atoms with Gasteiger partial charge in [-0.2, -0.15) is 0 Å². The highest BCUT2D eigenvalue weighted by molar-refractivity contribution is 7.99. The lowest BCUT2D eigenvalue weighted by molar-refractivity contribution is -0.384. The van der Waals surface area contributed by atoms with E-state index in [-0.39, 0.29) is 34.6 Å². The molecule has 1 aromatic heterocycles. The molecular weight excluding hydrogens is 454 g/mol. The van der Waals surface area contributed by atoms with Crippen LogP contribution in [0.15, 0.2) is 54.2 Å². The van der Waals surface area contributed by atoms with Crippen LogP contribution >= 0.6 is 23.4 Å². The number of allylic oxidation sites excluding steroid dienone is 1. The number of amides is 1. The van der Waals surface area contributed by atoms with Gasteiger partial charge in [0.25, 0.3) is 5.69 Å². The van der Waals surface area contributed by atoms with Crippen LogP contribution in [-0.4, -0.2) is 37.1 Å². The zero-order valence-corrected chi connectivity index (χ0v) is 18.2. The quantitative estimate of drug-likeness (QED) is 0.173. The first-order valence-electron chi connectivity index (χ1n) is 9.44. The highest BCUT2D eigenvalue weighted by atomic mass is 35.5.